The fourth-order valence-corrected chi connectivity index (χ4v) is 14.5. The summed E-state index contributed by atoms with van der Waals surface area (Å²) in [6.45, 7) is 0. The monoisotopic (exact) mass is 1300 g/mol. The van der Waals surface area contributed by atoms with Crippen molar-refractivity contribution >= 4 is 223 Å². The Hall–Kier alpha value is 4.01. The summed E-state index contributed by atoms with van der Waals surface area (Å²) in [5.41, 5.74) is 0. The van der Waals surface area contributed by atoms with E-state index in [0.29, 0.717) is 0 Å². The lowest BCUT2D eigenvalue weighted by molar-refractivity contribution is 1.56. The first kappa shape index (κ1) is 25.1. The molecule has 0 atom stereocenters. The van der Waals surface area contributed by atoms with Gasteiger partial charge in [-0.1, -0.05) is 11.6 Å². The van der Waals surface area contributed by atoms with Crippen molar-refractivity contribution in [3.05, 3.63) is 57.8 Å². The van der Waals surface area contributed by atoms with Crippen molar-refractivity contribution in [1.29, 1.82) is 0 Å². The molecular weight excluding hydrogens is 1300 g/mol. The van der Waals surface area contributed by atoms with Gasteiger partial charge in [-0.2, -0.15) is 0 Å². The minimum absolute atomic E-state index is 0.129. The van der Waals surface area contributed by atoms with E-state index in [-0.39, 0.29) is 10.5 Å². The Balaban J connectivity index is 2.41. The van der Waals surface area contributed by atoms with Crippen molar-refractivity contribution in [3.8, 4) is 4.90 Å². The molecule has 144 valence electrons. The number of fused-ring (bicyclic) bond motifs is 3. The number of hydrogen-bond acceptors (Lipinski definition) is 0. The third kappa shape index (κ3) is 4.15. The quantitative estimate of drug-likeness (QED) is 0.0771. The van der Waals surface area contributed by atoms with Gasteiger partial charge in [-0.05, 0) is 205 Å². The van der Waals surface area contributed by atoms with Crippen LogP contribution in [0.3, 0.4) is 0 Å². The van der Waals surface area contributed by atoms with Crippen LogP contribution in [0.4, 0.5) is 0 Å². The minimum Gasteiger partial charge on any atom is -0.0843 e. The molecule has 0 bridgehead atoms. The van der Waals surface area contributed by atoms with E-state index in [1.54, 1.807) is 0 Å². The van der Waals surface area contributed by atoms with E-state index in [2.05, 4.69) is 193 Å². The van der Waals surface area contributed by atoms with Crippen LogP contribution in [0.2, 0.25) is 5.02 Å². The van der Waals surface area contributed by atoms with Gasteiger partial charge in [-0.3, -0.25) is 0 Å². The van der Waals surface area contributed by atoms with Gasteiger partial charge < -0.3 is 0 Å². The maximum atomic E-state index is 6.22. The fourth-order valence-electron chi connectivity index (χ4n) is 2.96. The molecule has 1 heterocycles. The third-order valence-electron chi connectivity index (χ3n) is 4.16. The Labute approximate surface area is 279 Å². The molecular formula is C18H4ClI8S+. The van der Waals surface area contributed by atoms with Crippen molar-refractivity contribution in [2.75, 3.05) is 0 Å². The molecule has 0 aliphatic heterocycles. The number of halogens is 9. The molecule has 1 aromatic heterocycles. The van der Waals surface area contributed by atoms with Crippen molar-refractivity contribution < 1.29 is 0 Å². The van der Waals surface area contributed by atoms with Gasteiger partial charge in [0, 0.05) is 36.9 Å². The van der Waals surface area contributed by atoms with Crippen LogP contribution in [0.25, 0.3) is 25.1 Å². The zero-order valence-corrected chi connectivity index (χ0v) is 32.0. The summed E-state index contributed by atoms with van der Waals surface area (Å²) in [7, 11) is -0.129. The lowest BCUT2D eigenvalue weighted by atomic mass is 10.1. The molecule has 0 unspecified atom stereocenters. The molecule has 0 fully saturated rings. The molecule has 3 aromatic carbocycles. The van der Waals surface area contributed by atoms with Gasteiger partial charge >= 0.3 is 0 Å². The maximum Gasteiger partial charge on any atom is 0.203 e. The summed E-state index contributed by atoms with van der Waals surface area (Å²) in [5.74, 6) is 0. The number of rotatable bonds is 1. The molecule has 4 rings (SSSR count). The van der Waals surface area contributed by atoms with Gasteiger partial charge in [0.15, 0.2) is 4.90 Å². The molecule has 0 aliphatic carbocycles. The molecule has 0 spiro atoms. The summed E-state index contributed by atoms with van der Waals surface area (Å²) in [6.07, 6.45) is 0. The lowest BCUT2D eigenvalue weighted by Crippen LogP contribution is -1.94. The third-order valence-corrected chi connectivity index (χ3v) is 22.3. The van der Waals surface area contributed by atoms with Crippen LogP contribution in [-0.4, -0.2) is 0 Å². The zero-order valence-electron chi connectivity index (χ0n) is 13.1. The van der Waals surface area contributed by atoms with Gasteiger partial charge in [0.05, 0.1) is 17.9 Å². The minimum atomic E-state index is -0.129. The van der Waals surface area contributed by atoms with E-state index >= 15 is 0 Å². The van der Waals surface area contributed by atoms with E-state index in [1.165, 1.54) is 53.6 Å². The smallest absolute Gasteiger partial charge is 0.0843 e. The van der Waals surface area contributed by atoms with Gasteiger partial charge in [-0.15, -0.1) is 0 Å². The molecule has 0 saturated carbocycles. The Morgan fingerprint density at radius 3 is 1.25 bits per heavy atom. The predicted octanol–water partition coefficient (Wildman–Crippen LogP) is 11.2. The van der Waals surface area contributed by atoms with Gasteiger partial charge in [0.1, 0.15) is 0 Å². The average Bonchev–Trinajstić information content (AvgIpc) is 3.04. The van der Waals surface area contributed by atoms with Crippen LogP contribution in [-0.2, 0) is 0 Å². The normalized spacial score (nSPS) is 11.8. The Kier molecular flexibility index (Phi) is 8.91. The highest BCUT2D eigenvalue weighted by Crippen LogP contribution is 2.56. The van der Waals surface area contributed by atoms with Gasteiger partial charge in [0.25, 0.3) is 0 Å². The first-order valence-electron chi connectivity index (χ1n) is 7.38. The van der Waals surface area contributed by atoms with Crippen LogP contribution in [0.5, 0.6) is 0 Å². The molecule has 0 N–H and O–H groups in total. The average molecular weight is 1300 g/mol. The van der Waals surface area contributed by atoms with Crippen molar-refractivity contribution in [1.82, 2.24) is 0 Å². The first-order valence-corrected chi connectivity index (χ1v) is 17.6. The van der Waals surface area contributed by atoms with Gasteiger partial charge in [0.2, 0.25) is 9.40 Å². The largest absolute Gasteiger partial charge is 0.203 e. The number of thiophene rings is 1. The molecule has 10 heteroatoms. The Morgan fingerprint density at radius 2 is 0.857 bits per heavy atom. The van der Waals surface area contributed by atoms with Gasteiger partial charge in [-0.25, -0.2) is 0 Å². The summed E-state index contributed by atoms with van der Waals surface area (Å²) in [6, 6.07) is 8.44. The number of hydrogen-bond donors (Lipinski definition) is 0. The van der Waals surface area contributed by atoms with Crippen LogP contribution >= 0.6 is 203 Å². The highest BCUT2D eigenvalue weighted by molar-refractivity contribution is 14.1. The molecule has 0 saturated heterocycles. The summed E-state index contributed by atoms with van der Waals surface area (Å²) in [5, 5.41) is 3.65. The van der Waals surface area contributed by atoms with E-state index in [1.807, 2.05) is 12.1 Å². The van der Waals surface area contributed by atoms with E-state index in [9.17, 15) is 0 Å². The summed E-state index contributed by atoms with van der Waals surface area (Å²) >= 11 is 26.5. The molecule has 0 amide bonds. The molecule has 28 heavy (non-hydrogen) atoms. The summed E-state index contributed by atoms with van der Waals surface area (Å²) in [4.78, 5) is 1.33. The van der Waals surface area contributed by atoms with Crippen LogP contribution in [0.15, 0.2) is 24.3 Å². The fraction of sp³-hybridized carbons (Fsp3) is 0. The molecule has 0 radical (unpaired) electrons. The van der Waals surface area contributed by atoms with Crippen LogP contribution < -0.4 is 0 Å². The molecule has 4 aromatic rings. The highest BCUT2D eigenvalue weighted by Gasteiger charge is 2.35. The Bertz CT molecular complexity index is 1220. The van der Waals surface area contributed by atoms with Crippen molar-refractivity contribution in [2.24, 2.45) is 0 Å². The Morgan fingerprint density at radius 1 is 0.500 bits per heavy atom. The topological polar surface area (TPSA) is 0 Å². The van der Waals surface area contributed by atoms with E-state index in [0.717, 1.165) is 5.02 Å². The maximum absolute atomic E-state index is 6.22. The second-order valence-corrected chi connectivity index (χ2v) is 16.6. The first-order chi connectivity index (χ1) is 13.2. The van der Waals surface area contributed by atoms with Crippen LogP contribution in [0.1, 0.15) is 0 Å². The second kappa shape index (κ2) is 9.94. The highest BCUT2D eigenvalue weighted by atomic mass is 127. The zero-order chi connectivity index (χ0) is 20.5. The SMILES string of the molecule is Clc1ccc(-[s+]2c3c(I)c(I)c(I)c(I)c3c3c(I)c(I)c(I)c(I)c32)cc1. The van der Waals surface area contributed by atoms with Crippen LogP contribution in [0, 0.1) is 28.6 Å². The number of benzene rings is 3. The molecule has 0 nitrogen and oxygen atoms in total. The summed E-state index contributed by atoms with van der Waals surface area (Å²) < 4.78 is 13.9. The standard InChI is InChI=1S/C18H4ClI8S/c19-5-1-3-6(4-2-5)28-17-7(9(20)11(22)13(24)15(17)26)8-10(21)12(23)14(25)16(27)18(8)28/h1-4H/q+1. The lowest BCUT2D eigenvalue weighted by Gasteiger charge is -2.06. The predicted molar refractivity (Wildman–Crippen MR) is 192 cm³/mol. The van der Waals surface area contributed by atoms with E-state index < -0.39 is 0 Å². The van der Waals surface area contributed by atoms with E-state index in [4.69, 9.17) is 11.6 Å². The molecule has 0 aliphatic rings. The van der Waals surface area contributed by atoms with Crippen molar-refractivity contribution in [2.45, 2.75) is 0 Å². The van der Waals surface area contributed by atoms with Crippen molar-refractivity contribution in [3.63, 3.8) is 0 Å². The second-order valence-electron chi connectivity index (χ2n) is 5.68.